The van der Waals surface area contributed by atoms with Crippen molar-refractivity contribution in [2.75, 3.05) is 7.05 Å². The predicted octanol–water partition coefficient (Wildman–Crippen LogP) is 3.98. The summed E-state index contributed by atoms with van der Waals surface area (Å²) in [5, 5.41) is 3.46. The molecule has 1 aliphatic rings. The summed E-state index contributed by atoms with van der Waals surface area (Å²) in [7, 11) is 2.11. The van der Waals surface area contributed by atoms with Gasteiger partial charge in [0.2, 0.25) is 0 Å². The molecule has 0 saturated heterocycles. The second-order valence-electron chi connectivity index (χ2n) is 5.57. The van der Waals surface area contributed by atoms with E-state index in [0.29, 0.717) is 0 Å². The number of hydrogen-bond donors (Lipinski definition) is 1. The van der Waals surface area contributed by atoms with E-state index in [-0.39, 0.29) is 0 Å². The van der Waals surface area contributed by atoms with Crippen LogP contribution in [0.3, 0.4) is 0 Å². The van der Waals surface area contributed by atoms with Crippen molar-refractivity contribution in [3.63, 3.8) is 0 Å². The van der Waals surface area contributed by atoms with Crippen molar-refractivity contribution in [3.8, 4) is 0 Å². The van der Waals surface area contributed by atoms with Crippen molar-refractivity contribution in [1.82, 2.24) is 5.32 Å². The quantitative estimate of drug-likeness (QED) is 0.678. The largest absolute Gasteiger partial charge is 0.317 e. The highest BCUT2D eigenvalue weighted by Gasteiger charge is 2.16. The van der Waals surface area contributed by atoms with E-state index >= 15 is 0 Å². The maximum atomic E-state index is 3.46. The van der Waals surface area contributed by atoms with E-state index in [0.717, 1.165) is 17.9 Å². The van der Waals surface area contributed by atoms with Crippen LogP contribution in [0.1, 0.15) is 65.2 Å². The summed E-state index contributed by atoms with van der Waals surface area (Å²) in [6.07, 6.45) is 11.7. The molecule has 0 aromatic heterocycles. The molecule has 1 nitrogen and oxygen atoms in total. The summed E-state index contributed by atoms with van der Waals surface area (Å²) in [4.78, 5) is 0. The van der Waals surface area contributed by atoms with E-state index in [1.165, 1.54) is 51.4 Å². The van der Waals surface area contributed by atoms with Gasteiger partial charge in [-0.3, -0.25) is 0 Å². The first-order valence-electron chi connectivity index (χ1n) is 6.91. The van der Waals surface area contributed by atoms with Gasteiger partial charge in [-0.05, 0) is 31.7 Å². The van der Waals surface area contributed by atoms with Crippen LogP contribution in [0.5, 0.6) is 0 Å². The Labute approximate surface area is 96.0 Å². The van der Waals surface area contributed by atoms with Crippen molar-refractivity contribution in [2.45, 2.75) is 71.3 Å². The van der Waals surface area contributed by atoms with Gasteiger partial charge in [-0.1, -0.05) is 52.4 Å². The molecule has 1 fully saturated rings. The molecule has 0 spiro atoms. The fourth-order valence-corrected chi connectivity index (χ4v) is 2.88. The van der Waals surface area contributed by atoms with Crippen LogP contribution in [0.25, 0.3) is 0 Å². The summed E-state index contributed by atoms with van der Waals surface area (Å²) in [6, 6.07) is 0.730. The van der Waals surface area contributed by atoms with Crippen molar-refractivity contribution in [2.24, 2.45) is 11.8 Å². The molecule has 0 radical (unpaired) electrons. The lowest BCUT2D eigenvalue weighted by Crippen LogP contribution is -2.31. The Hall–Kier alpha value is -0.0400. The summed E-state index contributed by atoms with van der Waals surface area (Å²) in [5.41, 5.74) is 0. The third-order valence-electron chi connectivity index (χ3n) is 4.04. The molecule has 0 amide bonds. The molecule has 1 aliphatic carbocycles. The Balaban J connectivity index is 2.21. The van der Waals surface area contributed by atoms with Crippen molar-refractivity contribution in [1.29, 1.82) is 0 Å². The molecular weight excluding hydrogens is 182 g/mol. The first kappa shape index (κ1) is 13.0. The van der Waals surface area contributed by atoms with Crippen LogP contribution in [-0.4, -0.2) is 13.1 Å². The minimum absolute atomic E-state index is 0.730. The Kier molecular flexibility index (Phi) is 6.31. The van der Waals surface area contributed by atoms with Crippen LogP contribution in [0.2, 0.25) is 0 Å². The van der Waals surface area contributed by atoms with Crippen LogP contribution < -0.4 is 5.32 Å². The summed E-state index contributed by atoms with van der Waals surface area (Å²) >= 11 is 0. The summed E-state index contributed by atoms with van der Waals surface area (Å²) in [6.45, 7) is 4.66. The van der Waals surface area contributed by atoms with E-state index < -0.39 is 0 Å². The minimum Gasteiger partial charge on any atom is -0.317 e. The Bertz CT molecular complexity index is 145. The first-order chi connectivity index (χ1) is 7.24. The van der Waals surface area contributed by atoms with E-state index in [9.17, 15) is 0 Å². The second kappa shape index (κ2) is 7.27. The highest BCUT2D eigenvalue weighted by Crippen LogP contribution is 2.27. The van der Waals surface area contributed by atoms with Crippen LogP contribution in [0.15, 0.2) is 0 Å². The average Bonchev–Trinajstić information content (AvgIpc) is 2.46. The van der Waals surface area contributed by atoms with Crippen LogP contribution >= 0.6 is 0 Å². The first-order valence-corrected chi connectivity index (χ1v) is 6.91. The van der Waals surface area contributed by atoms with Gasteiger partial charge in [0.05, 0.1) is 0 Å². The van der Waals surface area contributed by atoms with E-state index in [2.05, 4.69) is 26.2 Å². The molecule has 1 N–H and O–H groups in total. The third-order valence-corrected chi connectivity index (χ3v) is 4.04. The molecule has 0 aromatic rings. The van der Waals surface area contributed by atoms with Gasteiger partial charge in [0, 0.05) is 6.04 Å². The van der Waals surface area contributed by atoms with Crippen molar-refractivity contribution < 1.29 is 0 Å². The van der Waals surface area contributed by atoms with Gasteiger partial charge >= 0.3 is 0 Å². The summed E-state index contributed by atoms with van der Waals surface area (Å²) in [5.74, 6) is 1.81. The molecule has 0 aromatic carbocycles. The van der Waals surface area contributed by atoms with E-state index in [1.807, 2.05) is 0 Å². The SMILES string of the molecule is CNC(CCC1CCCCCC1)C(C)C. The van der Waals surface area contributed by atoms with Crippen LogP contribution in [0.4, 0.5) is 0 Å². The third kappa shape index (κ3) is 5.01. The fraction of sp³-hybridized carbons (Fsp3) is 1.00. The molecule has 1 atom stereocenters. The molecule has 0 aliphatic heterocycles. The van der Waals surface area contributed by atoms with Gasteiger partial charge in [0.15, 0.2) is 0 Å². The smallest absolute Gasteiger partial charge is 0.00871 e. The monoisotopic (exact) mass is 211 g/mol. The van der Waals surface area contributed by atoms with Gasteiger partial charge in [0.1, 0.15) is 0 Å². The summed E-state index contributed by atoms with van der Waals surface area (Å²) < 4.78 is 0. The highest BCUT2D eigenvalue weighted by atomic mass is 14.9. The van der Waals surface area contributed by atoms with Crippen molar-refractivity contribution >= 4 is 0 Å². The van der Waals surface area contributed by atoms with E-state index in [1.54, 1.807) is 0 Å². The number of hydrogen-bond acceptors (Lipinski definition) is 1. The van der Waals surface area contributed by atoms with Gasteiger partial charge < -0.3 is 5.32 Å². The second-order valence-corrected chi connectivity index (χ2v) is 5.57. The van der Waals surface area contributed by atoms with Crippen LogP contribution in [-0.2, 0) is 0 Å². The molecule has 1 saturated carbocycles. The molecule has 0 heterocycles. The molecule has 15 heavy (non-hydrogen) atoms. The maximum absolute atomic E-state index is 3.46. The lowest BCUT2D eigenvalue weighted by molar-refractivity contribution is 0.336. The van der Waals surface area contributed by atoms with Crippen molar-refractivity contribution in [3.05, 3.63) is 0 Å². The average molecular weight is 211 g/mol. The van der Waals surface area contributed by atoms with E-state index in [4.69, 9.17) is 0 Å². The van der Waals surface area contributed by atoms with Gasteiger partial charge in [-0.25, -0.2) is 0 Å². The zero-order valence-corrected chi connectivity index (χ0v) is 10.9. The number of nitrogens with one attached hydrogen (secondary N) is 1. The van der Waals surface area contributed by atoms with Gasteiger partial charge in [-0.15, -0.1) is 0 Å². The molecule has 1 rings (SSSR count). The van der Waals surface area contributed by atoms with Gasteiger partial charge in [0.25, 0.3) is 0 Å². The lowest BCUT2D eigenvalue weighted by Gasteiger charge is -2.23. The predicted molar refractivity (Wildman–Crippen MR) is 68.1 cm³/mol. The number of rotatable bonds is 5. The Morgan fingerprint density at radius 1 is 1.07 bits per heavy atom. The Morgan fingerprint density at radius 3 is 2.13 bits per heavy atom. The molecule has 90 valence electrons. The minimum atomic E-state index is 0.730. The molecule has 1 unspecified atom stereocenters. The maximum Gasteiger partial charge on any atom is 0.00871 e. The van der Waals surface area contributed by atoms with Crippen LogP contribution in [0, 0.1) is 11.8 Å². The zero-order valence-electron chi connectivity index (χ0n) is 10.9. The topological polar surface area (TPSA) is 12.0 Å². The Morgan fingerprint density at radius 2 is 1.67 bits per heavy atom. The lowest BCUT2D eigenvalue weighted by atomic mass is 9.90. The zero-order chi connectivity index (χ0) is 11.1. The molecular formula is C14H29N. The molecule has 0 bridgehead atoms. The standard InChI is InChI=1S/C14H29N/c1-12(2)14(15-3)11-10-13-8-6-4-5-7-9-13/h12-15H,4-11H2,1-3H3. The highest BCUT2D eigenvalue weighted by molar-refractivity contribution is 4.72. The fourth-order valence-electron chi connectivity index (χ4n) is 2.88. The molecule has 1 heteroatoms. The van der Waals surface area contributed by atoms with Gasteiger partial charge in [-0.2, -0.15) is 0 Å². The normalized spacial score (nSPS) is 21.6.